The molecule has 0 saturated heterocycles. The van der Waals surface area contributed by atoms with Gasteiger partial charge in [-0.3, -0.25) is 9.59 Å². The smallest absolute Gasteiger partial charge is 0.303 e. The lowest BCUT2D eigenvalue weighted by atomic mass is 9.85. The van der Waals surface area contributed by atoms with Crippen LogP contribution in [0.15, 0.2) is 12.2 Å². The fraction of sp³-hybridized carbons (Fsp3) is 0.667. The van der Waals surface area contributed by atoms with Crippen molar-refractivity contribution in [1.82, 2.24) is 5.32 Å². The van der Waals surface area contributed by atoms with E-state index in [-0.39, 0.29) is 18.2 Å². The lowest BCUT2D eigenvalue weighted by Gasteiger charge is -2.23. The summed E-state index contributed by atoms with van der Waals surface area (Å²) in [4.78, 5) is 22.0. The predicted molar refractivity (Wildman–Crippen MR) is 60.9 cm³/mol. The number of carboxylic acids is 1. The highest BCUT2D eigenvalue weighted by Gasteiger charge is 2.23. The van der Waals surface area contributed by atoms with Crippen LogP contribution in [0.25, 0.3) is 0 Å². The molecule has 0 aromatic carbocycles. The minimum absolute atomic E-state index is 0.0221. The molecular weight excluding hydrogens is 206 g/mol. The number of allylic oxidation sites excluding steroid dienone is 1. The Balaban J connectivity index is 2.26. The molecule has 0 aromatic heterocycles. The Bertz CT molecular complexity index is 286. The predicted octanol–water partition coefficient (Wildman–Crippen LogP) is 1.57. The summed E-state index contributed by atoms with van der Waals surface area (Å²) in [6.45, 7) is 2.52. The van der Waals surface area contributed by atoms with Crippen molar-refractivity contribution in [2.75, 3.05) is 6.54 Å². The molecule has 2 N–H and O–H groups in total. The van der Waals surface area contributed by atoms with Crippen molar-refractivity contribution in [2.24, 2.45) is 11.8 Å². The summed E-state index contributed by atoms with van der Waals surface area (Å²) < 4.78 is 0. The van der Waals surface area contributed by atoms with Gasteiger partial charge >= 0.3 is 5.97 Å². The van der Waals surface area contributed by atoms with Gasteiger partial charge in [-0.25, -0.2) is 0 Å². The van der Waals surface area contributed by atoms with Crippen molar-refractivity contribution < 1.29 is 14.7 Å². The number of amides is 1. The maximum absolute atomic E-state index is 11.7. The molecule has 0 aromatic rings. The molecule has 0 spiro atoms. The van der Waals surface area contributed by atoms with Crippen LogP contribution in [0.2, 0.25) is 0 Å². The minimum Gasteiger partial charge on any atom is -0.481 e. The molecule has 2 atom stereocenters. The third-order valence-corrected chi connectivity index (χ3v) is 2.91. The summed E-state index contributed by atoms with van der Waals surface area (Å²) in [5.74, 6) is -0.461. The normalized spacial score (nSPS) is 24.1. The second-order valence-electron chi connectivity index (χ2n) is 4.30. The van der Waals surface area contributed by atoms with E-state index in [0.29, 0.717) is 18.9 Å². The van der Waals surface area contributed by atoms with Gasteiger partial charge in [0.05, 0.1) is 5.92 Å². The van der Waals surface area contributed by atoms with Crippen LogP contribution in [0, 0.1) is 11.8 Å². The number of rotatable bonds is 5. The summed E-state index contributed by atoms with van der Waals surface area (Å²) in [7, 11) is 0. The van der Waals surface area contributed by atoms with Crippen molar-refractivity contribution in [3.8, 4) is 0 Å². The van der Waals surface area contributed by atoms with Crippen LogP contribution < -0.4 is 5.32 Å². The second kappa shape index (κ2) is 6.30. The Labute approximate surface area is 95.7 Å². The van der Waals surface area contributed by atoms with E-state index in [0.717, 1.165) is 12.8 Å². The molecule has 0 saturated carbocycles. The number of carbonyl (C=O) groups is 2. The van der Waals surface area contributed by atoms with Gasteiger partial charge in [-0.05, 0) is 25.2 Å². The number of hydrogen-bond acceptors (Lipinski definition) is 2. The molecule has 4 heteroatoms. The Kier molecular flexibility index (Phi) is 5.02. The first-order chi connectivity index (χ1) is 7.61. The van der Waals surface area contributed by atoms with Crippen LogP contribution in [0.3, 0.4) is 0 Å². The highest BCUT2D eigenvalue weighted by molar-refractivity contribution is 5.80. The summed E-state index contributed by atoms with van der Waals surface area (Å²) in [6.07, 6.45) is 6.69. The van der Waals surface area contributed by atoms with Crippen molar-refractivity contribution in [3.63, 3.8) is 0 Å². The summed E-state index contributed by atoms with van der Waals surface area (Å²) >= 11 is 0. The second-order valence-corrected chi connectivity index (χ2v) is 4.30. The van der Waals surface area contributed by atoms with Gasteiger partial charge in [0.2, 0.25) is 5.91 Å². The molecule has 1 rings (SSSR count). The Morgan fingerprint density at radius 2 is 2.25 bits per heavy atom. The van der Waals surface area contributed by atoms with Crippen LogP contribution >= 0.6 is 0 Å². The molecule has 0 aliphatic heterocycles. The van der Waals surface area contributed by atoms with E-state index >= 15 is 0 Å². The van der Waals surface area contributed by atoms with Crippen molar-refractivity contribution in [1.29, 1.82) is 0 Å². The lowest BCUT2D eigenvalue weighted by Crippen LogP contribution is -2.34. The zero-order valence-electron chi connectivity index (χ0n) is 9.61. The zero-order chi connectivity index (χ0) is 12.0. The molecule has 0 heterocycles. The zero-order valence-corrected chi connectivity index (χ0v) is 9.61. The molecule has 90 valence electrons. The van der Waals surface area contributed by atoms with Gasteiger partial charge in [0.15, 0.2) is 0 Å². The monoisotopic (exact) mass is 225 g/mol. The molecular formula is C12H19NO3. The first kappa shape index (κ1) is 12.7. The topological polar surface area (TPSA) is 66.4 Å². The number of nitrogens with one attached hydrogen (secondary N) is 1. The number of hydrogen-bond donors (Lipinski definition) is 2. The van der Waals surface area contributed by atoms with Gasteiger partial charge in [0, 0.05) is 13.0 Å². The van der Waals surface area contributed by atoms with Crippen LogP contribution in [0.4, 0.5) is 0 Å². The van der Waals surface area contributed by atoms with E-state index in [1.54, 1.807) is 0 Å². The standard InChI is InChI=1S/C12H19NO3/c1-9-5-2-3-6-10(9)12(16)13-8-4-7-11(14)15/h3,6,9-10H,2,4-5,7-8H2,1H3,(H,13,16)(H,14,15). The molecule has 0 fully saturated rings. The van der Waals surface area contributed by atoms with Crippen LogP contribution in [0.1, 0.15) is 32.6 Å². The van der Waals surface area contributed by atoms with Gasteiger partial charge in [-0.15, -0.1) is 0 Å². The maximum atomic E-state index is 11.7. The Morgan fingerprint density at radius 1 is 1.50 bits per heavy atom. The number of carbonyl (C=O) groups excluding carboxylic acids is 1. The first-order valence-electron chi connectivity index (χ1n) is 5.77. The van der Waals surface area contributed by atoms with Gasteiger partial charge in [-0.1, -0.05) is 19.1 Å². The number of aliphatic carboxylic acids is 1. The first-order valence-corrected chi connectivity index (χ1v) is 5.77. The molecule has 2 unspecified atom stereocenters. The molecule has 4 nitrogen and oxygen atoms in total. The molecule has 1 aliphatic carbocycles. The highest BCUT2D eigenvalue weighted by atomic mass is 16.4. The number of carboxylic acid groups (broad SMARTS) is 1. The van der Waals surface area contributed by atoms with Crippen LogP contribution in [-0.2, 0) is 9.59 Å². The fourth-order valence-corrected chi connectivity index (χ4v) is 1.89. The maximum Gasteiger partial charge on any atom is 0.303 e. The van der Waals surface area contributed by atoms with Gasteiger partial charge in [-0.2, -0.15) is 0 Å². The lowest BCUT2D eigenvalue weighted by molar-refractivity contribution is -0.137. The van der Waals surface area contributed by atoms with Crippen molar-refractivity contribution >= 4 is 11.9 Å². The third-order valence-electron chi connectivity index (χ3n) is 2.91. The highest BCUT2D eigenvalue weighted by Crippen LogP contribution is 2.23. The van der Waals surface area contributed by atoms with E-state index in [4.69, 9.17) is 5.11 Å². The van der Waals surface area contributed by atoms with Crippen LogP contribution in [-0.4, -0.2) is 23.5 Å². The summed E-state index contributed by atoms with van der Waals surface area (Å²) in [6, 6.07) is 0. The van der Waals surface area contributed by atoms with Crippen molar-refractivity contribution in [2.45, 2.75) is 32.6 Å². The Morgan fingerprint density at radius 3 is 2.88 bits per heavy atom. The Hall–Kier alpha value is -1.32. The molecule has 1 amide bonds. The minimum atomic E-state index is -0.819. The molecule has 0 bridgehead atoms. The largest absolute Gasteiger partial charge is 0.481 e. The molecule has 16 heavy (non-hydrogen) atoms. The SMILES string of the molecule is CC1CCC=CC1C(=O)NCCCC(=O)O. The molecule has 1 aliphatic rings. The van der Waals surface area contributed by atoms with E-state index < -0.39 is 5.97 Å². The van der Waals surface area contributed by atoms with Gasteiger partial charge in [0.25, 0.3) is 0 Å². The van der Waals surface area contributed by atoms with Gasteiger partial charge in [0.1, 0.15) is 0 Å². The van der Waals surface area contributed by atoms with Crippen LogP contribution in [0.5, 0.6) is 0 Å². The average molecular weight is 225 g/mol. The summed E-state index contributed by atoms with van der Waals surface area (Å²) in [5.41, 5.74) is 0. The summed E-state index contributed by atoms with van der Waals surface area (Å²) in [5, 5.41) is 11.2. The van der Waals surface area contributed by atoms with E-state index in [2.05, 4.69) is 12.2 Å². The molecule has 0 radical (unpaired) electrons. The van der Waals surface area contributed by atoms with Gasteiger partial charge < -0.3 is 10.4 Å². The third kappa shape index (κ3) is 4.04. The average Bonchev–Trinajstić information content (AvgIpc) is 2.24. The fourth-order valence-electron chi connectivity index (χ4n) is 1.89. The van der Waals surface area contributed by atoms with Crippen molar-refractivity contribution in [3.05, 3.63) is 12.2 Å². The van der Waals surface area contributed by atoms with E-state index in [9.17, 15) is 9.59 Å². The van der Waals surface area contributed by atoms with E-state index in [1.807, 2.05) is 12.2 Å². The van der Waals surface area contributed by atoms with E-state index in [1.165, 1.54) is 0 Å². The quantitative estimate of drug-likeness (QED) is 0.551.